The Morgan fingerprint density at radius 1 is 1.65 bits per heavy atom. The fraction of sp³-hybridized carbons (Fsp3) is 0.500. The number of carbonyl (C=O) groups excluding carboxylic acids is 1. The molecule has 0 unspecified atom stereocenters. The number of carboxylic acid groups (broad SMARTS) is 1. The standard InChI is InChI=1S/C10H16N4O3/c1-2-3-9(15)14(11)8(10(16)17)4-7-5-12-6-13-7/h5-6,8H,2-4,11H2,1H3,(H,12,13)(H,16,17)/t8-/m0/s1. The lowest BCUT2D eigenvalue weighted by Gasteiger charge is -2.23. The second-order valence-corrected chi connectivity index (χ2v) is 3.67. The number of nitrogens with two attached hydrogens (primary N) is 1. The summed E-state index contributed by atoms with van der Waals surface area (Å²) in [5.74, 6) is 4.01. The molecule has 1 amide bonds. The molecule has 1 aromatic heterocycles. The van der Waals surface area contributed by atoms with Crippen LogP contribution in [0, 0.1) is 0 Å². The van der Waals surface area contributed by atoms with Crippen molar-refractivity contribution in [1.29, 1.82) is 0 Å². The van der Waals surface area contributed by atoms with Crippen molar-refractivity contribution in [2.45, 2.75) is 32.2 Å². The van der Waals surface area contributed by atoms with E-state index in [1.807, 2.05) is 6.92 Å². The van der Waals surface area contributed by atoms with Crippen LogP contribution < -0.4 is 5.84 Å². The number of aromatic amines is 1. The maximum Gasteiger partial charge on any atom is 0.328 e. The molecule has 7 heteroatoms. The molecule has 0 saturated carbocycles. The molecule has 94 valence electrons. The van der Waals surface area contributed by atoms with Gasteiger partial charge in [-0.1, -0.05) is 6.92 Å². The fourth-order valence-corrected chi connectivity index (χ4v) is 1.42. The molecule has 0 aromatic carbocycles. The summed E-state index contributed by atoms with van der Waals surface area (Å²) in [4.78, 5) is 29.2. The molecular formula is C10H16N4O3. The number of aromatic nitrogens is 2. The van der Waals surface area contributed by atoms with Crippen LogP contribution in [0.5, 0.6) is 0 Å². The van der Waals surface area contributed by atoms with Crippen LogP contribution in [0.1, 0.15) is 25.5 Å². The smallest absolute Gasteiger partial charge is 0.328 e. The Morgan fingerprint density at radius 2 is 2.35 bits per heavy atom. The van der Waals surface area contributed by atoms with Crippen LogP contribution in [-0.2, 0) is 16.0 Å². The van der Waals surface area contributed by atoms with E-state index in [9.17, 15) is 9.59 Å². The Bertz CT molecular complexity index is 377. The van der Waals surface area contributed by atoms with Crippen LogP contribution in [0.25, 0.3) is 0 Å². The van der Waals surface area contributed by atoms with E-state index in [0.717, 1.165) is 5.01 Å². The summed E-state index contributed by atoms with van der Waals surface area (Å²) in [6.07, 6.45) is 3.98. The van der Waals surface area contributed by atoms with E-state index in [1.165, 1.54) is 6.33 Å². The summed E-state index contributed by atoms with van der Waals surface area (Å²) < 4.78 is 0. The van der Waals surface area contributed by atoms with Crippen LogP contribution in [0.15, 0.2) is 12.5 Å². The van der Waals surface area contributed by atoms with Gasteiger partial charge in [-0.25, -0.2) is 15.6 Å². The minimum absolute atomic E-state index is 0.0881. The summed E-state index contributed by atoms with van der Waals surface area (Å²) in [5.41, 5.74) is 0.553. The predicted octanol–water partition coefficient (Wildman–Crippen LogP) is -0.0922. The Kier molecular flexibility index (Phi) is 4.65. The Labute approximate surface area is 98.6 Å². The molecule has 4 N–H and O–H groups in total. The van der Waals surface area contributed by atoms with Crippen molar-refractivity contribution in [3.63, 3.8) is 0 Å². The van der Waals surface area contributed by atoms with Crippen molar-refractivity contribution >= 4 is 11.9 Å². The van der Waals surface area contributed by atoms with Gasteiger partial charge >= 0.3 is 5.97 Å². The molecule has 0 fully saturated rings. The van der Waals surface area contributed by atoms with E-state index in [0.29, 0.717) is 12.1 Å². The van der Waals surface area contributed by atoms with E-state index in [-0.39, 0.29) is 18.7 Å². The van der Waals surface area contributed by atoms with E-state index in [4.69, 9.17) is 10.9 Å². The van der Waals surface area contributed by atoms with E-state index < -0.39 is 12.0 Å². The number of amides is 1. The van der Waals surface area contributed by atoms with Gasteiger partial charge in [-0.2, -0.15) is 0 Å². The van der Waals surface area contributed by atoms with Crippen LogP contribution in [0.4, 0.5) is 0 Å². The van der Waals surface area contributed by atoms with Gasteiger partial charge in [0, 0.05) is 19.0 Å². The summed E-state index contributed by atoms with van der Waals surface area (Å²) >= 11 is 0. The third-order valence-electron chi connectivity index (χ3n) is 2.33. The van der Waals surface area contributed by atoms with Gasteiger partial charge < -0.3 is 10.1 Å². The maximum atomic E-state index is 11.5. The topological polar surface area (TPSA) is 112 Å². The van der Waals surface area contributed by atoms with Crippen molar-refractivity contribution in [3.8, 4) is 0 Å². The number of hydrazine groups is 1. The summed E-state index contributed by atoms with van der Waals surface area (Å²) in [7, 11) is 0. The van der Waals surface area contributed by atoms with Crippen LogP contribution >= 0.6 is 0 Å². The zero-order chi connectivity index (χ0) is 12.8. The molecular weight excluding hydrogens is 224 g/mol. The first-order valence-corrected chi connectivity index (χ1v) is 5.33. The lowest BCUT2D eigenvalue weighted by molar-refractivity contribution is -0.150. The molecule has 1 heterocycles. The monoisotopic (exact) mass is 240 g/mol. The number of hydrogen-bond donors (Lipinski definition) is 3. The molecule has 1 atom stereocenters. The second-order valence-electron chi connectivity index (χ2n) is 3.67. The third-order valence-corrected chi connectivity index (χ3v) is 2.33. The van der Waals surface area contributed by atoms with Gasteiger partial charge in [-0.15, -0.1) is 0 Å². The first-order chi connectivity index (χ1) is 8.06. The number of hydrogen-bond acceptors (Lipinski definition) is 4. The van der Waals surface area contributed by atoms with Gasteiger partial charge in [-0.3, -0.25) is 9.80 Å². The summed E-state index contributed by atoms with van der Waals surface area (Å²) in [6, 6.07) is -1.09. The SMILES string of the molecule is CCCC(=O)N(N)[C@@H](Cc1c[nH]cn1)C(=O)O. The second kappa shape index (κ2) is 6.00. The van der Waals surface area contributed by atoms with Gasteiger partial charge in [0.2, 0.25) is 5.91 Å². The quantitative estimate of drug-likeness (QED) is 0.365. The number of rotatable bonds is 6. The van der Waals surface area contributed by atoms with Gasteiger partial charge in [0.1, 0.15) is 0 Å². The van der Waals surface area contributed by atoms with Gasteiger partial charge in [0.05, 0.1) is 12.0 Å². The summed E-state index contributed by atoms with van der Waals surface area (Å²) in [5, 5.41) is 9.83. The molecule has 0 bridgehead atoms. The normalized spacial score (nSPS) is 12.1. The Balaban J connectivity index is 2.72. The predicted molar refractivity (Wildman–Crippen MR) is 59.7 cm³/mol. The Morgan fingerprint density at radius 3 is 2.82 bits per heavy atom. The van der Waals surface area contributed by atoms with E-state index in [2.05, 4.69) is 9.97 Å². The number of H-pyrrole nitrogens is 1. The zero-order valence-electron chi connectivity index (χ0n) is 9.59. The number of carboxylic acids is 1. The van der Waals surface area contributed by atoms with E-state index >= 15 is 0 Å². The zero-order valence-corrected chi connectivity index (χ0v) is 9.59. The largest absolute Gasteiger partial charge is 0.480 e. The highest BCUT2D eigenvalue weighted by Gasteiger charge is 2.27. The van der Waals surface area contributed by atoms with Crippen LogP contribution in [0.3, 0.4) is 0 Å². The highest BCUT2D eigenvalue weighted by molar-refractivity contribution is 5.83. The first kappa shape index (κ1) is 13.2. The molecule has 17 heavy (non-hydrogen) atoms. The first-order valence-electron chi connectivity index (χ1n) is 5.33. The third kappa shape index (κ3) is 3.56. The minimum Gasteiger partial charge on any atom is -0.480 e. The van der Waals surface area contributed by atoms with Gasteiger partial charge in [0.15, 0.2) is 6.04 Å². The molecule has 1 aromatic rings. The van der Waals surface area contributed by atoms with Crippen molar-refractivity contribution in [2.24, 2.45) is 5.84 Å². The molecule has 0 radical (unpaired) electrons. The molecule has 7 nitrogen and oxygen atoms in total. The minimum atomic E-state index is -1.14. The average molecular weight is 240 g/mol. The van der Waals surface area contributed by atoms with Crippen LogP contribution in [0.2, 0.25) is 0 Å². The highest BCUT2D eigenvalue weighted by atomic mass is 16.4. The summed E-state index contributed by atoms with van der Waals surface area (Å²) in [6.45, 7) is 1.83. The number of aliphatic carboxylic acids is 1. The number of imidazole rings is 1. The molecule has 1 rings (SSSR count). The molecule has 0 aliphatic heterocycles. The van der Waals surface area contributed by atoms with Gasteiger partial charge in [0.25, 0.3) is 0 Å². The number of nitrogens with one attached hydrogen (secondary N) is 1. The highest BCUT2D eigenvalue weighted by Crippen LogP contribution is 2.06. The van der Waals surface area contributed by atoms with E-state index in [1.54, 1.807) is 6.20 Å². The fourth-order valence-electron chi connectivity index (χ4n) is 1.42. The molecule has 0 saturated heterocycles. The molecule has 0 spiro atoms. The molecule has 0 aliphatic rings. The molecule has 0 aliphatic carbocycles. The number of carbonyl (C=O) groups is 2. The Hall–Kier alpha value is -1.89. The maximum absolute atomic E-state index is 11.5. The van der Waals surface area contributed by atoms with Crippen molar-refractivity contribution < 1.29 is 14.7 Å². The van der Waals surface area contributed by atoms with Crippen molar-refractivity contribution in [2.75, 3.05) is 0 Å². The van der Waals surface area contributed by atoms with Crippen LogP contribution in [-0.4, -0.2) is 38.0 Å². The van der Waals surface area contributed by atoms with Gasteiger partial charge in [-0.05, 0) is 6.42 Å². The van der Waals surface area contributed by atoms with Crippen molar-refractivity contribution in [3.05, 3.63) is 18.2 Å². The number of nitrogens with zero attached hydrogens (tertiary/aromatic N) is 2. The average Bonchev–Trinajstić information content (AvgIpc) is 2.77. The lowest BCUT2D eigenvalue weighted by atomic mass is 10.1. The lowest BCUT2D eigenvalue weighted by Crippen LogP contribution is -2.50. The van der Waals surface area contributed by atoms with Crippen molar-refractivity contribution in [1.82, 2.24) is 15.0 Å².